The Hall–Kier alpha value is -1.72. The van der Waals surface area contributed by atoms with Crippen LogP contribution in [0.3, 0.4) is 0 Å². The van der Waals surface area contributed by atoms with Crippen LogP contribution in [0, 0.1) is 0 Å². The SMILES string of the molecule is CCCNC(=O)C(C)Nc1nn(C)cc1N. The highest BCUT2D eigenvalue weighted by Gasteiger charge is 2.14. The molecule has 0 aromatic carbocycles. The Morgan fingerprint density at radius 1 is 1.69 bits per heavy atom. The lowest BCUT2D eigenvalue weighted by Crippen LogP contribution is -2.38. The molecule has 0 aliphatic carbocycles. The van der Waals surface area contributed by atoms with Crippen LogP contribution in [0.4, 0.5) is 11.5 Å². The van der Waals surface area contributed by atoms with Crippen LogP contribution in [0.2, 0.25) is 0 Å². The zero-order valence-electron chi connectivity index (χ0n) is 9.95. The molecule has 0 spiro atoms. The molecule has 1 unspecified atom stereocenters. The van der Waals surface area contributed by atoms with E-state index in [-0.39, 0.29) is 11.9 Å². The largest absolute Gasteiger partial charge is 0.394 e. The van der Waals surface area contributed by atoms with Gasteiger partial charge in [0, 0.05) is 19.8 Å². The van der Waals surface area contributed by atoms with Crippen molar-refractivity contribution in [2.45, 2.75) is 26.3 Å². The van der Waals surface area contributed by atoms with Gasteiger partial charge in [-0.25, -0.2) is 0 Å². The first kappa shape index (κ1) is 12.4. The topological polar surface area (TPSA) is 85.0 Å². The molecule has 0 saturated carbocycles. The normalized spacial score (nSPS) is 12.2. The van der Waals surface area contributed by atoms with Crippen LogP contribution in [0.25, 0.3) is 0 Å². The molecular weight excluding hydrogens is 206 g/mol. The number of rotatable bonds is 5. The van der Waals surface area contributed by atoms with Gasteiger partial charge in [0.25, 0.3) is 0 Å². The molecule has 4 N–H and O–H groups in total. The summed E-state index contributed by atoms with van der Waals surface area (Å²) in [5.41, 5.74) is 6.25. The molecule has 1 atom stereocenters. The Bertz CT molecular complexity index is 360. The molecule has 0 saturated heterocycles. The average molecular weight is 225 g/mol. The predicted octanol–water partition coefficient (Wildman–Crippen LogP) is 0.329. The van der Waals surface area contributed by atoms with E-state index in [4.69, 9.17) is 5.73 Å². The number of hydrogen-bond donors (Lipinski definition) is 3. The number of carbonyl (C=O) groups excluding carboxylic acids is 1. The lowest BCUT2D eigenvalue weighted by atomic mass is 10.3. The molecule has 6 heteroatoms. The number of carbonyl (C=O) groups is 1. The van der Waals surface area contributed by atoms with E-state index < -0.39 is 0 Å². The van der Waals surface area contributed by atoms with Crippen LogP contribution in [0.5, 0.6) is 0 Å². The number of nitrogens with zero attached hydrogens (tertiary/aromatic N) is 2. The van der Waals surface area contributed by atoms with Crippen LogP contribution in [0.15, 0.2) is 6.20 Å². The van der Waals surface area contributed by atoms with Crippen molar-refractivity contribution in [3.8, 4) is 0 Å². The van der Waals surface area contributed by atoms with Gasteiger partial charge in [-0.3, -0.25) is 9.48 Å². The fourth-order valence-electron chi connectivity index (χ4n) is 1.29. The molecule has 0 aliphatic heterocycles. The summed E-state index contributed by atoms with van der Waals surface area (Å²) in [6.07, 6.45) is 2.61. The quantitative estimate of drug-likeness (QED) is 0.674. The third-order valence-electron chi connectivity index (χ3n) is 2.15. The fraction of sp³-hybridized carbons (Fsp3) is 0.600. The van der Waals surface area contributed by atoms with Crippen molar-refractivity contribution >= 4 is 17.4 Å². The Morgan fingerprint density at radius 2 is 2.38 bits per heavy atom. The van der Waals surface area contributed by atoms with E-state index in [1.807, 2.05) is 6.92 Å². The summed E-state index contributed by atoms with van der Waals surface area (Å²) in [7, 11) is 1.78. The standard InChI is InChI=1S/C10H19N5O/c1-4-5-12-10(16)7(2)13-9-8(11)6-15(3)14-9/h6-7H,4-5,11H2,1-3H3,(H,12,16)(H,13,14). The summed E-state index contributed by atoms with van der Waals surface area (Å²) in [5.74, 6) is 0.494. The van der Waals surface area contributed by atoms with Crippen molar-refractivity contribution in [3.63, 3.8) is 0 Å². The number of nitrogens with two attached hydrogens (primary N) is 1. The van der Waals surface area contributed by atoms with Crippen molar-refractivity contribution in [1.82, 2.24) is 15.1 Å². The Balaban J connectivity index is 2.53. The van der Waals surface area contributed by atoms with E-state index in [9.17, 15) is 4.79 Å². The van der Waals surface area contributed by atoms with Gasteiger partial charge in [0.15, 0.2) is 5.82 Å². The van der Waals surface area contributed by atoms with E-state index in [0.717, 1.165) is 6.42 Å². The van der Waals surface area contributed by atoms with E-state index in [1.165, 1.54) is 0 Å². The monoisotopic (exact) mass is 225 g/mol. The van der Waals surface area contributed by atoms with Crippen LogP contribution in [-0.4, -0.2) is 28.3 Å². The van der Waals surface area contributed by atoms with Crippen LogP contribution >= 0.6 is 0 Å². The zero-order chi connectivity index (χ0) is 12.1. The van der Waals surface area contributed by atoms with E-state index in [0.29, 0.717) is 18.1 Å². The summed E-state index contributed by atoms with van der Waals surface area (Å²) in [6, 6.07) is -0.344. The van der Waals surface area contributed by atoms with Crippen molar-refractivity contribution in [3.05, 3.63) is 6.20 Å². The molecule has 6 nitrogen and oxygen atoms in total. The number of nitrogen functional groups attached to an aromatic ring is 1. The number of anilines is 2. The summed E-state index contributed by atoms with van der Waals surface area (Å²) in [6.45, 7) is 4.47. The molecule has 1 heterocycles. The van der Waals surface area contributed by atoms with Crippen LogP contribution < -0.4 is 16.4 Å². The molecular formula is C10H19N5O. The van der Waals surface area contributed by atoms with Gasteiger partial charge in [0.2, 0.25) is 5.91 Å². The Kier molecular flexibility index (Phi) is 4.16. The number of hydrogen-bond acceptors (Lipinski definition) is 4. The first-order chi connectivity index (χ1) is 7.54. The van der Waals surface area contributed by atoms with Gasteiger partial charge in [-0.2, -0.15) is 5.10 Å². The average Bonchev–Trinajstić information content (AvgIpc) is 2.53. The third kappa shape index (κ3) is 3.15. The van der Waals surface area contributed by atoms with Gasteiger partial charge in [0.05, 0.1) is 5.69 Å². The highest BCUT2D eigenvalue weighted by atomic mass is 16.2. The smallest absolute Gasteiger partial charge is 0.242 e. The van der Waals surface area contributed by atoms with E-state index >= 15 is 0 Å². The van der Waals surface area contributed by atoms with Crippen LogP contribution in [0.1, 0.15) is 20.3 Å². The molecule has 1 aromatic heterocycles. The zero-order valence-corrected chi connectivity index (χ0v) is 9.95. The molecule has 1 aromatic rings. The number of aromatic nitrogens is 2. The van der Waals surface area contributed by atoms with Gasteiger partial charge in [-0.15, -0.1) is 0 Å². The molecule has 0 aliphatic rings. The molecule has 0 bridgehead atoms. The fourth-order valence-corrected chi connectivity index (χ4v) is 1.29. The van der Waals surface area contributed by atoms with Gasteiger partial charge in [-0.05, 0) is 13.3 Å². The number of amides is 1. The maximum absolute atomic E-state index is 11.6. The molecule has 1 amide bonds. The number of nitrogens with one attached hydrogen (secondary N) is 2. The maximum atomic E-state index is 11.6. The van der Waals surface area contributed by atoms with Crippen molar-refractivity contribution in [2.24, 2.45) is 7.05 Å². The lowest BCUT2D eigenvalue weighted by Gasteiger charge is -2.13. The third-order valence-corrected chi connectivity index (χ3v) is 2.15. The minimum Gasteiger partial charge on any atom is -0.394 e. The van der Waals surface area contributed by atoms with Crippen molar-refractivity contribution in [1.29, 1.82) is 0 Å². The minimum atomic E-state index is -0.344. The molecule has 90 valence electrons. The maximum Gasteiger partial charge on any atom is 0.242 e. The lowest BCUT2D eigenvalue weighted by molar-refractivity contribution is -0.121. The predicted molar refractivity (Wildman–Crippen MR) is 64.0 cm³/mol. The van der Waals surface area contributed by atoms with Gasteiger partial charge in [-0.1, -0.05) is 6.92 Å². The van der Waals surface area contributed by atoms with Gasteiger partial charge in [0.1, 0.15) is 6.04 Å². The number of aryl methyl sites for hydroxylation is 1. The first-order valence-corrected chi connectivity index (χ1v) is 5.38. The Labute approximate surface area is 95.2 Å². The second kappa shape index (κ2) is 5.39. The minimum absolute atomic E-state index is 0.0492. The van der Waals surface area contributed by atoms with Crippen LogP contribution in [-0.2, 0) is 11.8 Å². The highest BCUT2D eigenvalue weighted by molar-refractivity contribution is 5.84. The molecule has 0 radical (unpaired) electrons. The summed E-state index contributed by atoms with van der Waals surface area (Å²) in [5, 5.41) is 9.89. The summed E-state index contributed by atoms with van der Waals surface area (Å²) < 4.78 is 1.61. The highest BCUT2D eigenvalue weighted by Crippen LogP contribution is 2.15. The second-order valence-electron chi connectivity index (χ2n) is 3.76. The Morgan fingerprint density at radius 3 is 2.88 bits per heavy atom. The van der Waals surface area contributed by atoms with Gasteiger partial charge >= 0.3 is 0 Å². The van der Waals surface area contributed by atoms with Gasteiger partial charge < -0.3 is 16.4 Å². The van der Waals surface area contributed by atoms with E-state index in [1.54, 1.807) is 24.9 Å². The molecule has 0 fully saturated rings. The molecule has 16 heavy (non-hydrogen) atoms. The van der Waals surface area contributed by atoms with E-state index in [2.05, 4.69) is 15.7 Å². The summed E-state index contributed by atoms with van der Waals surface area (Å²) in [4.78, 5) is 11.6. The second-order valence-corrected chi connectivity index (χ2v) is 3.76. The summed E-state index contributed by atoms with van der Waals surface area (Å²) >= 11 is 0. The first-order valence-electron chi connectivity index (χ1n) is 5.38. The van der Waals surface area contributed by atoms with Crippen molar-refractivity contribution in [2.75, 3.05) is 17.6 Å². The van der Waals surface area contributed by atoms with Crippen molar-refractivity contribution < 1.29 is 4.79 Å². The molecule has 1 rings (SSSR count).